The van der Waals surface area contributed by atoms with Crippen LogP contribution in [0.15, 0.2) is 89.7 Å². The zero-order chi connectivity index (χ0) is 23.9. The summed E-state index contributed by atoms with van der Waals surface area (Å²) in [6, 6.07) is 26.1. The second-order valence-corrected chi connectivity index (χ2v) is 8.28. The molecule has 1 aromatic heterocycles. The highest BCUT2D eigenvalue weighted by Gasteiger charge is 2.29. The van der Waals surface area contributed by atoms with Gasteiger partial charge in [-0.3, -0.25) is 9.36 Å². The van der Waals surface area contributed by atoms with Gasteiger partial charge in [-0.15, -0.1) is 0 Å². The highest BCUT2D eigenvalue weighted by atomic mass is 16.2. The SMILES string of the molecule is CCCn1c(C(CC)N(Cc2ccccc2)C(=O)Nc2ccccc2)nc2ccccc2c1=O. The van der Waals surface area contributed by atoms with Gasteiger partial charge in [0.2, 0.25) is 0 Å². The van der Waals surface area contributed by atoms with Gasteiger partial charge >= 0.3 is 6.03 Å². The van der Waals surface area contributed by atoms with E-state index in [0.29, 0.717) is 36.2 Å². The van der Waals surface area contributed by atoms with Gasteiger partial charge < -0.3 is 10.2 Å². The molecule has 0 saturated carbocycles. The van der Waals surface area contributed by atoms with Crippen LogP contribution in [-0.2, 0) is 13.1 Å². The van der Waals surface area contributed by atoms with Gasteiger partial charge in [0.25, 0.3) is 5.56 Å². The predicted molar refractivity (Wildman–Crippen MR) is 137 cm³/mol. The van der Waals surface area contributed by atoms with Crippen LogP contribution < -0.4 is 10.9 Å². The van der Waals surface area contributed by atoms with E-state index in [0.717, 1.165) is 17.7 Å². The van der Waals surface area contributed by atoms with E-state index >= 15 is 0 Å². The topological polar surface area (TPSA) is 67.2 Å². The number of para-hydroxylation sites is 2. The van der Waals surface area contributed by atoms with Gasteiger partial charge in [0.05, 0.1) is 16.9 Å². The lowest BCUT2D eigenvalue weighted by Crippen LogP contribution is -2.40. The molecule has 1 unspecified atom stereocenters. The Balaban J connectivity index is 1.81. The molecule has 3 aromatic carbocycles. The van der Waals surface area contributed by atoms with E-state index in [1.165, 1.54) is 0 Å². The van der Waals surface area contributed by atoms with Crippen molar-refractivity contribution >= 4 is 22.6 Å². The van der Waals surface area contributed by atoms with E-state index in [9.17, 15) is 9.59 Å². The lowest BCUT2D eigenvalue weighted by molar-refractivity contribution is 0.175. The highest BCUT2D eigenvalue weighted by molar-refractivity contribution is 5.89. The van der Waals surface area contributed by atoms with Crippen molar-refractivity contribution < 1.29 is 4.79 Å². The van der Waals surface area contributed by atoms with Crippen molar-refractivity contribution in [2.75, 3.05) is 5.32 Å². The number of urea groups is 1. The molecule has 0 radical (unpaired) electrons. The van der Waals surface area contributed by atoms with Crippen LogP contribution in [0.1, 0.15) is 44.1 Å². The molecule has 1 atom stereocenters. The molecule has 6 nitrogen and oxygen atoms in total. The maximum absolute atomic E-state index is 13.6. The van der Waals surface area contributed by atoms with Crippen LogP contribution >= 0.6 is 0 Å². The molecule has 2 amide bonds. The maximum Gasteiger partial charge on any atom is 0.322 e. The smallest absolute Gasteiger partial charge is 0.310 e. The molecule has 0 spiro atoms. The normalized spacial score (nSPS) is 11.8. The number of carbonyl (C=O) groups excluding carboxylic acids is 1. The average molecular weight is 455 g/mol. The van der Waals surface area contributed by atoms with Gasteiger partial charge in [-0.1, -0.05) is 74.5 Å². The van der Waals surface area contributed by atoms with Crippen LogP contribution in [0.5, 0.6) is 0 Å². The Kier molecular flexibility index (Phi) is 7.38. The van der Waals surface area contributed by atoms with Gasteiger partial charge in [0.15, 0.2) is 0 Å². The highest BCUT2D eigenvalue weighted by Crippen LogP contribution is 2.27. The maximum atomic E-state index is 13.6. The predicted octanol–water partition coefficient (Wildman–Crippen LogP) is 5.99. The largest absolute Gasteiger partial charge is 0.322 e. The summed E-state index contributed by atoms with van der Waals surface area (Å²) < 4.78 is 1.74. The van der Waals surface area contributed by atoms with Gasteiger partial charge in [0.1, 0.15) is 5.82 Å². The number of nitrogens with one attached hydrogen (secondary N) is 1. The average Bonchev–Trinajstić information content (AvgIpc) is 2.87. The van der Waals surface area contributed by atoms with Gasteiger partial charge in [-0.25, -0.2) is 9.78 Å². The van der Waals surface area contributed by atoms with Crippen LogP contribution in [-0.4, -0.2) is 20.5 Å². The molecular weight excluding hydrogens is 424 g/mol. The number of fused-ring (bicyclic) bond motifs is 1. The Morgan fingerprint density at radius 2 is 1.59 bits per heavy atom. The summed E-state index contributed by atoms with van der Waals surface area (Å²) in [5.74, 6) is 0.618. The molecule has 0 aliphatic heterocycles. The Morgan fingerprint density at radius 1 is 0.941 bits per heavy atom. The molecule has 4 aromatic rings. The molecular formula is C28H30N4O2. The van der Waals surface area contributed by atoms with E-state index in [1.807, 2.05) is 98.8 Å². The zero-order valence-electron chi connectivity index (χ0n) is 19.6. The Morgan fingerprint density at radius 3 is 2.26 bits per heavy atom. The van der Waals surface area contributed by atoms with Crippen molar-refractivity contribution in [2.24, 2.45) is 0 Å². The monoisotopic (exact) mass is 454 g/mol. The van der Waals surface area contributed by atoms with Gasteiger partial charge in [-0.05, 0) is 42.7 Å². The van der Waals surface area contributed by atoms with Crippen molar-refractivity contribution in [1.82, 2.24) is 14.5 Å². The van der Waals surface area contributed by atoms with Crippen LogP contribution in [0.3, 0.4) is 0 Å². The minimum absolute atomic E-state index is 0.0657. The second kappa shape index (κ2) is 10.8. The summed E-state index contributed by atoms with van der Waals surface area (Å²) in [6.07, 6.45) is 1.40. The summed E-state index contributed by atoms with van der Waals surface area (Å²) >= 11 is 0. The number of amides is 2. The van der Waals surface area contributed by atoms with E-state index in [2.05, 4.69) is 5.32 Å². The molecule has 0 bridgehead atoms. The first kappa shape index (κ1) is 23.2. The molecule has 1 heterocycles. The van der Waals surface area contributed by atoms with Crippen molar-refractivity contribution in [3.63, 3.8) is 0 Å². The lowest BCUT2D eigenvalue weighted by atomic mass is 10.1. The molecule has 0 saturated heterocycles. The molecule has 6 heteroatoms. The van der Waals surface area contributed by atoms with Crippen molar-refractivity contribution in [3.8, 4) is 0 Å². The standard InChI is InChI=1S/C28H30N4O2/c1-3-19-31-26(30-24-18-12-11-17-23(24)27(31)33)25(4-2)32(20-21-13-7-5-8-14-21)28(34)29-22-15-9-6-10-16-22/h5-18,25H,3-4,19-20H2,1-2H3,(H,29,34). The molecule has 0 fully saturated rings. The summed E-state index contributed by atoms with van der Waals surface area (Å²) in [5.41, 5.74) is 2.31. The van der Waals surface area contributed by atoms with Crippen LogP contribution in [0.25, 0.3) is 10.9 Å². The van der Waals surface area contributed by atoms with Gasteiger partial charge in [0, 0.05) is 18.8 Å². The second-order valence-electron chi connectivity index (χ2n) is 8.28. The van der Waals surface area contributed by atoms with Crippen LogP contribution in [0, 0.1) is 0 Å². The van der Waals surface area contributed by atoms with Crippen LogP contribution in [0.2, 0.25) is 0 Å². The first-order chi connectivity index (χ1) is 16.6. The first-order valence-corrected chi connectivity index (χ1v) is 11.8. The quantitative estimate of drug-likeness (QED) is 0.355. The van der Waals surface area contributed by atoms with E-state index < -0.39 is 0 Å². The minimum Gasteiger partial charge on any atom is -0.310 e. The van der Waals surface area contributed by atoms with Gasteiger partial charge in [-0.2, -0.15) is 0 Å². The fraction of sp³-hybridized carbons (Fsp3) is 0.250. The Labute approximate surface area is 199 Å². The molecule has 4 rings (SSSR count). The number of anilines is 1. The third-order valence-electron chi connectivity index (χ3n) is 5.88. The van der Waals surface area contributed by atoms with Crippen molar-refractivity contribution in [1.29, 1.82) is 0 Å². The molecule has 34 heavy (non-hydrogen) atoms. The Hall–Kier alpha value is -3.93. The van der Waals surface area contributed by atoms with E-state index in [4.69, 9.17) is 4.98 Å². The summed E-state index contributed by atoms with van der Waals surface area (Å²) in [4.78, 5) is 33.7. The van der Waals surface area contributed by atoms with Crippen LogP contribution in [0.4, 0.5) is 10.5 Å². The molecule has 0 aliphatic rings. The summed E-state index contributed by atoms with van der Waals surface area (Å²) in [6.45, 7) is 5.00. The number of carbonyl (C=O) groups is 1. The van der Waals surface area contributed by atoms with Crippen molar-refractivity contribution in [2.45, 2.75) is 45.8 Å². The first-order valence-electron chi connectivity index (χ1n) is 11.8. The number of hydrogen-bond donors (Lipinski definition) is 1. The number of aromatic nitrogens is 2. The summed E-state index contributed by atoms with van der Waals surface area (Å²) in [5, 5.41) is 3.62. The number of benzene rings is 3. The fourth-order valence-electron chi connectivity index (χ4n) is 4.24. The number of nitrogens with zero attached hydrogens (tertiary/aromatic N) is 3. The number of rotatable bonds is 8. The van der Waals surface area contributed by atoms with E-state index in [-0.39, 0.29) is 17.6 Å². The third kappa shape index (κ3) is 5.01. The lowest BCUT2D eigenvalue weighted by Gasteiger charge is -2.32. The molecule has 0 aliphatic carbocycles. The summed E-state index contributed by atoms with van der Waals surface area (Å²) in [7, 11) is 0. The third-order valence-corrected chi connectivity index (χ3v) is 5.88. The molecule has 1 N–H and O–H groups in total. The number of hydrogen-bond acceptors (Lipinski definition) is 3. The fourth-order valence-corrected chi connectivity index (χ4v) is 4.24. The zero-order valence-corrected chi connectivity index (χ0v) is 19.6. The Bertz CT molecular complexity index is 1300. The van der Waals surface area contributed by atoms with Crippen molar-refractivity contribution in [3.05, 3.63) is 107 Å². The van der Waals surface area contributed by atoms with E-state index in [1.54, 1.807) is 9.47 Å². The minimum atomic E-state index is -0.382. The molecule has 174 valence electrons.